The molecule has 6 nitrogen and oxygen atoms in total. The van der Waals surface area contributed by atoms with Crippen molar-refractivity contribution in [3.8, 4) is 5.75 Å². The molecule has 0 radical (unpaired) electrons. The minimum Gasteiger partial charge on any atom is -0.488 e. The molecule has 1 aromatic carbocycles. The topological polar surface area (TPSA) is 77.2 Å². The number of nitrogens with zero attached hydrogens (tertiary/aromatic N) is 3. The molecule has 0 bridgehead atoms. The van der Waals surface area contributed by atoms with Crippen LogP contribution in [0, 0.1) is 0 Å². The summed E-state index contributed by atoms with van der Waals surface area (Å²) in [5, 5.41) is 10.1. The first kappa shape index (κ1) is 12.2. The smallest absolute Gasteiger partial charge is 0.288 e. The van der Waals surface area contributed by atoms with Crippen molar-refractivity contribution in [3.05, 3.63) is 64.8 Å². The first-order valence-electron chi connectivity index (χ1n) is 5.97. The van der Waals surface area contributed by atoms with Gasteiger partial charge in [-0.2, -0.15) is 0 Å². The predicted octanol–water partition coefficient (Wildman–Crippen LogP) is 1.61. The molecule has 3 aromatic rings. The van der Waals surface area contributed by atoms with Gasteiger partial charge in [0.2, 0.25) is 0 Å². The van der Waals surface area contributed by atoms with Crippen LogP contribution in [0.25, 0.3) is 11.0 Å². The third-order valence-corrected chi connectivity index (χ3v) is 2.86. The Morgan fingerprint density at radius 3 is 2.85 bits per heavy atom. The van der Waals surface area contributed by atoms with Gasteiger partial charge in [0.1, 0.15) is 18.7 Å². The van der Waals surface area contributed by atoms with E-state index in [0.29, 0.717) is 22.5 Å². The zero-order valence-electron chi connectivity index (χ0n) is 10.4. The second-order valence-electron chi connectivity index (χ2n) is 4.19. The van der Waals surface area contributed by atoms with Gasteiger partial charge in [-0.3, -0.25) is 4.79 Å². The Labute approximate surface area is 113 Å². The van der Waals surface area contributed by atoms with E-state index < -0.39 is 5.56 Å². The van der Waals surface area contributed by atoms with E-state index in [-0.39, 0.29) is 5.65 Å². The number of ether oxygens (including phenoxy) is 1. The number of aromatic nitrogens is 3. The molecule has 3 rings (SSSR count). The third-order valence-electron chi connectivity index (χ3n) is 2.86. The molecular formula is C14H11N3O3. The van der Waals surface area contributed by atoms with Gasteiger partial charge in [-0.1, -0.05) is 30.3 Å². The first-order chi connectivity index (χ1) is 9.75. The van der Waals surface area contributed by atoms with E-state index in [1.54, 1.807) is 0 Å². The van der Waals surface area contributed by atoms with Crippen LogP contribution >= 0.6 is 0 Å². The summed E-state index contributed by atoms with van der Waals surface area (Å²) >= 11 is 0. The molecule has 0 atom stereocenters. The maximum atomic E-state index is 11.6. The quantitative estimate of drug-likeness (QED) is 0.731. The molecule has 0 unspecified atom stereocenters. The fraction of sp³-hybridized carbons (Fsp3) is 0.0714. The number of fused-ring (bicyclic) bond motifs is 1. The number of pyridine rings is 1. The minimum absolute atomic E-state index is 0.121. The van der Waals surface area contributed by atoms with Crippen LogP contribution in [0.15, 0.2) is 53.7 Å². The van der Waals surface area contributed by atoms with Crippen molar-refractivity contribution < 1.29 is 9.94 Å². The summed E-state index contributed by atoms with van der Waals surface area (Å²) in [7, 11) is 0. The van der Waals surface area contributed by atoms with Crippen molar-refractivity contribution in [2.24, 2.45) is 0 Å². The van der Waals surface area contributed by atoms with Gasteiger partial charge in [-0.05, 0) is 5.56 Å². The number of benzene rings is 1. The molecule has 100 valence electrons. The Balaban J connectivity index is 2.00. The zero-order valence-corrected chi connectivity index (χ0v) is 10.4. The highest BCUT2D eigenvalue weighted by atomic mass is 16.5. The maximum absolute atomic E-state index is 11.6. The van der Waals surface area contributed by atoms with Crippen molar-refractivity contribution in [2.45, 2.75) is 6.61 Å². The van der Waals surface area contributed by atoms with E-state index in [1.807, 2.05) is 30.3 Å². The Morgan fingerprint density at radius 1 is 1.25 bits per heavy atom. The van der Waals surface area contributed by atoms with Crippen LogP contribution in [0.5, 0.6) is 5.75 Å². The predicted molar refractivity (Wildman–Crippen MR) is 71.8 cm³/mol. The molecule has 0 spiro atoms. The molecule has 6 heteroatoms. The average molecular weight is 269 g/mol. The fourth-order valence-electron chi connectivity index (χ4n) is 1.88. The van der Waals surface area contributed by atoms with Crippen LogP contribution in [0.1, 0.15) is 5.56 Å². The van der Waals surface area contributed by atoms with Gasteiger partial charge in [0.05, 0.1) is 5.39 Å². The highest BCUT2D eigenvalue weighted by Crippen LogP contribution is 2.21. The highest BCUT2D eigenvalue weighted by Gasteiger charge is 2.10. The summed E-state index contributed by atoms with van der Waals surface area (Å²) in [4.78, 5) is 19.4. The SMILES string of the molecule is O=c1cc(OCc2ccccc2)c2cncnc2n1O. The standard InChI is InChI=1S/C14H11N3O3/c18-13-6-12(20-8-10-4-2-1-3-5-10)11-7-15-9-16-14(11)17(13)19/h1-7,9,19H,8H2. The van der Waals surface area contributed by atoms with Crippen LogP contribution in [-0.2, 0) is 6.61 Å². The second kappa shape index (κ2) is 5.00. The molecule has 0 fully saturated rings. The van der Waals surface area contributed by atoms with Crippen molar-refractivity contribution in [1.29, 1.82) is 0 Å². The molecule has 1 N–H and O–H groups in total. The minimum atomic E-state index is -0.598. The van der Waals surface area contributed by atoms with Gasteiger partial charge >= 0.3 is 0 Å². The number of hydrogen-bond acceptors (Lipinski definition) is 5. The Bertz CT molecular complexity index is 800. The van der Waals surface area contributed by atoms with Crippen molar-refractivity contribution in [2.75, 3.05) is 0 Å². The molecule has 2 heterocycles. The van der Waals surface area contributed by atoms with Gasteiger partial charge in [0.25, 0.3) is 5.56 Å². The zero-order chi connectivity index (χ0) is 13.9. The normalized spacial score (nSPS) is 10.6. The first-order valence-corrected chi connectivity index (χ1v) is 5.97. The molecule has 2 aromatic heterocycles. The van der Waals surface area contributed by atoms with Crippen LogP contribution in [0.4, 0.5) is 0 Å². The molecule has 0 aliphatic heterocycles. The Hall–Kier alpha value is -2.89. The molecule has 0 saturated heterocycles. The number of rotatable bonds is 3. The van der Waals surface area contributed by atoms with E-state index in [1.165, 1.54) is 18.6 Å². The number of hydrogen-bond donors (Lipinski definition) is 1. The van der Waals surface area contributed by atoms with Crippen LogP contribution in [0.3, 0.4) is 0 Å². The summed E-state index contributed by atoms with van der Waals surface area (Å²) in [6.45, 7) is 0.319. The maximum Gasteiger partial charge on any atom is 0.288 e. The fourth-order valence-corrected chi connectivity index (χ4v) is 1.88. The van der Waals surface area contributed by atoms with Crippen molar-refractivity contribution in [3.63, 3.8) is 0 Å². The summed E-state index contributed by atoms with van der Waals surface area (Å²) < 4.78 is 6.12. The van der Waals surface area contributed by atoms with Crippen LogP contribution in [-0.4, -0.2) is 19.9 Å². The highest BCUT2D eigenvalue weighted by molar-refractivity contribution is 5.80. The lowest BCUT2D eigenvalue weighted by atomic mass is 10.2. The van der Waals surface area contributed by atoms with Gasteiger partial charge in [-0.15, -0.1) is 4.73 Å². The van der Waals surface area contributed by atoms with Gasteiger partial charge < -0.3 is 9.94 Å². The van der Waals surface area contributed by atoms with E-state index in [0.717, 1.165) is 5.56 Å². The summed E-state index contributed by atoms with van der Waals surface area (Å²) in [6, 6.07) is 10.8. The summed E-state index contributed by atoms with van der Waals surface area (Å²) in [5.74, 6) is 0.347. The van der Waals surface area contributed by atoms with Gasteiger partial charge in [0.15, 0.2) is 5.65 Å². The van der Waals surface area contributed by atoms with Gasteiger partial charge in [0, 0.05) is 12.3 Å². The Kier molecular flexibility index (Phi) is 3.04. The summed E-state index contributed by atoms with van der Waals surface area (Å²) in [6.07, 6.45) is 2.75. The third kappa shape index (κ3) is 2.18. The molecular weight excluding hydrogens is 258 g/mol. The van der Waals surface area contributed by atoms with E-state index in [9.17, 15) is 10.0 Å². The van der Waals surface area contributed by atoms with Crippen molar-refractivity contribution in [1.82, 2.24) is 14.7 Å². The lowest BCUT2D eigenvalue weighted by Gasteiger charge is -2.09. The van der Waals surface area contributed by atoms with Crippen LogP contribution in [0.2, 0.25) is 0 Å². The lowest BCUT2D eigenvalue weighted by Crippen LogP contribution is -2.18. The lowest BCUT2D eigenvalue weighted by molar-refractivity contribution is 0.185. The monoisotopic (exact) mass is 269 g/mol. The molecule has 0 saturated carbocycles. The molecule has 0 aliphatic carbocycles. The molecule has 0 aliphatic rings. The van der Waals surface area contributed by atoms with E-state index in [2.05, 4.69) is 9.97 Å². The molecule has 20 heavy (non-hydrogen) atoms. The average Bonchev–Trinajstić information content (AvgIpc) is 2.50. The largest absolute Gasteiger partial charge is 0.488 e. The summed E-state index contributed by atoms with van der Waals surface area (Å²) in [5.41, 5.74) is 0.500. The van der Waals surface area contributed by atoms with Crippen LogP contribution < -0.4 is 10.3 Å². The van der Waals surface area contributed by atoms with E-state index >= 15 is 0 Å². The second-order valence-corrected chi connectivity index (χ2v) is 4.19. The van der Waals surface area contributed by atoms with E-state index in [4.69, 9.17) is 4.74 Å². The van der Waals surface area contributed by atoms with Gasteiger partial charge in [-0.25, -0.2) is 9.97 Å². The van der Waals surface area contributed by atoms with Crippen molar-refractivity contribution >= 4 is 11.0 Å². The Morgan fingerprint density at radius 2 is 2.05 bits per heavy atom. The molecule has 0 amide bonds.